The minimum absolute atomic E-state index is 0.113. The Balaban J connectivity index is 1.34. The lowest BCUT2D eigenvalue weighted by Crippen LogP contribution is -2.43. The van der Waals surface area contributed by atoms with Gasteiger partial charge in [-0.05, 0) is 56.2 Å². The van der Waals surface area contributed by atoms with Gasteiger partial charge < -0.3 is 9.84 Å². The molecule has 3 saturated heterocycles. The molecule has 0 aliphatic carbocycles. The van der Waals surface area contributed by atoms with E-state index < -0.39 is 10.0 Å². The molecule has 0 aromatic heterocycles. The summed E-state index contributed by atoms with van der Waals surface area (Å²) in [6.45, 7) is 4.02. The highest BCUT2D eigenvalue weighted by molar-refractivity contribution is 7.89. The van der Waals surface area contributed by atoms with E-state index >= 15 is 0 Å². The van der Waals surface area contributed by atoms with E-state index in [9.17, 15) is 13.5 Å². The molecule has 6 nitrogen and oxygen atoms in total. The Morgan fingerprint density at radius 3 is 2.59 bits per heavy atom. The maximum absolute atomic E-state index is 12.8. The van der Waals surface area contributed by atoms with Crippen molar-refractivity contribution in [3.05, 3.63) is 30.3 Å². The molecule has 3 fully saturated rings. The van der Waals surface area contributed by atoms with Crippen LogP contribution in [-0.4, -0.2) is 74.3 Å². The van der Waals surface area contributed by atoms with Crippen LogP contribution in [0, 0.1) is 5.41 Å². The first-order chi connectivity index (χ1) is 13.0. The lowest BCUT2D eigenvalue weighted by atomic mass is 9.77. The second-order valence-electron chi connectivity index (χ2n) is 8.33. The smallest absolute Gasteiger partial charge is 0.243 e. The zero-order valence-corrected chi connectivity index (χ0v) is 16.6. The first-order valence-electron chi connectivity index (χ1n) is 10.0. The largest absolute Gasteiger partial charge is 0.395 e. The number of rotatable bonds is 5. The highest BCUT2D eigenvalue weighted by Gasteiger charge is 2.45. The van der Waals surface area contributed by atoms with Crippen LogP contribution in [0.5, 0.6) is 0 Å². The van der Waals surface area contributed by atoms with E-state index in [1.165, 1.54) is 0 Å². The van der Waals surface area contributed by atoms with Gasteiger partial charge in [-0.2, -0.15) is 4.31 Å². The molecule has 1 aromatic rings. The molecule has 1 spiro atoms. The zero-order valence-electron chi connectivity index (χ0n) is 15.8. The Morgan fingerprint density at radius 1 is 1.15 bits per heavy atom. The van der Waals surface area contributed by atoms with Gasteiger partial charge in [-0.25, -0.2) is 8.42 Å². The Labute approximate surface area is 162 Å². The Hall–Kier alpha value is -0.990. The summed E-state index contributed by atoms with van der Waals surface area (Å²) in [6.07, 6.45) is 5.14. The molecule has 3 aliphatic heterocycles. The van der Waals surface area contributed by atoms with Crippen LogP contribution >= 0.6 is 0 Å². The van der Waals surface area contributed by atoms with Gasteiger partial charge in [-0.3, -0.25) is 4.90 Å². The van der Waals surface area contributed by atoms with E-state index in [1.54, 1.807) is 28.6 Å². The number of likely N-dealkylation sites (tertiary alicyclic amines) is 1. The number of piperidine rings is 1. The van der Waals surface area contributed by atoms with Gasteiger partial charge in [-0.15, -0.1) is 0 Å². The fourth-order valence-corrected chi connectivity index (χ4v) is 6.37. The highest BCUT2D eigenvalue weighted by atomic mass is 32.2. The number of sulfonamides is 1. The van der Waals surface area contributed by atoms with Crippen LogP contribution in [0.1, 0.15) is 32.1 Å². The van der Waals surface area contributed by atoms with Crippen molar-refractivity contribution in [1.82, 2.24) is 9.21 Å². The normalized spacial score (nSPS) is 29.5. The maximum Gasteiger partial charge on any atom is 0.243 e. The van der Waals surface area contributed by atoms with Crippen molar-refractivity contribution >= 4 is 10.0 Å². The van der Waals surface area contributed by atoms with Gasteiger partial charge in [0.25, 0.3) is 0 Å². The predicted octanol–water partition coefficient (Wildman–Crippen LogP) is 1.70. The number of aliphatic hydroxyl groups excluding tert-OH is 1. The van der Waals surface area contributed by atoms with Gasteiger partial charge in [0, 0.05) is 25.7 Å². The van der Waals surface area contributed by atoms with Crippen molar-refractivity contribution in [2.45, 2.75) is 49.1 Å². The molecule has 0 radical (unpaired) electrons. The van der Waals surface area contributed by atoms with Crippen LogP contribution in [0.25, 0.3) is 0 Å². The minimum Gasteiger partial charge on any atom is -0.395 e. The molecule has 1 N–H and O–H groups in total. The van der Waals surface area contributed by atoms with Crippen LogP contribution in [-0.2, 0) is 14.8 Å². The lowest BCUT2D eigenvalue weighted by Gasteiger charge is -2.37. The number of hydrogen-bond donors (Lipinski definition) is 1. The van der Waals surface area contributed by atoms with Crippen LogP contribution < -0.4 is 0 Å². The van der Waals surface area contributed by atoms with Crippen molar-refractivity contribution in [3.8, 4) is 0 Å². The first kappa shape index (κ1) is 19.3. The summed E-state index contributed by atoms with van der Waals surface area (Å²) in [7, 11) is -3.39. The maximum atomic E-state index is 12.8. The monoisotopic (exact) mass is 394 g/mol. The number of benzene rings is 1. The average Bonchev–Trinajstić information content (AvgIpc) is 3.30. The number of nitrogens with zero attached hydrogens (tertiary/aromatic N) is 2. The van der Waals surface area contributed by atoms with Gasteiger partial charge in [0.05, 0.1) is 24.2 Å². The van der Waals surface area contributed by atoms with E-state index in [1.807, 2.05) is 6.07 Å². The molecule has 0 bridgehead atoms. The number of ether oxygens (including phenoxy) is 1. The van der Waals surface area contributed by atoms with E-state index in [2.05, 4.69) is 4.90 Å². The van der Waals surface area contributed by atoms with Gasteiger partial charge in [0.1, 0.15) is 0 Å². The van der Waals surface area contributed by atoms with Gasteiger partial charge in [0.15, 0.2) is 0 Å². The van der Waals surface area contributed by atoms with Crippen molar-refractivity contribution in [2.75, 3.05) is 39.4 Å². The molecule has 0 amide bonds. The summed E-state index contributed by atoms with van der Waals surface area (Å²) in [6, 6.07) is 8.99. The Morgan fingerprint density at radius 2 is 1.89 bits per heavy atom. The Bertz CT molecular complexity index is 732. The van der Waals surface area contributed by atoms with Crippen molar-refractivity contribution in [2.24, 2.45) is 5.41 Å². The molecule has 1 unspecified atom stereocenters. The fraction of sp³-hybridized carbons (Fsp3) is 0.700. The average molecular weight is 395 g/mol. The first-order valence-corrected chi connectivity index (χ1v) is 11.5. The van der Waals surface area contributed by atoms with Crippen LogP contribution in [0.2, 0.25) is 0 Å². The van der Waals surface area contributed by atoms with E-state index in [4.69, 9.17) is 4.74 Å². The molecule has 4 rings (SSSR count). The molecule has 0 saturated carbocycles. The molecule has 3 aliphatic rings. The second kappa shape index (κ2) is 7.79. The summed E-state index contributed by atoms with van der Waals surface area (Å²) >= 11 is 0. The Kier molecular flexibility index (Phi) is 5.58. The predicted molar refractivity (Wildman–Crippen MR) is 103 cm³/mol. The van der Waals surface area contributed by atoms with E-state index in [-0.39, 0.29) is 24.2 Å². The van der Waals surface area contributed by atoms with Crippen molar-refractivity contribution in [3.63, 3.8) is 0 Å². The summed E-state index contributed by atoms with van der Waals surface area (Å²) in [5.41, 5.74) is 0.113. The van der Waals surface area contributed by atoms with E-state index in [0.29, 0.717) is 18.0 Å². The summed E-state index contributed by atoms with van der Waals surface area (Å²) in [5, 5.41) is 9.51. The minimum atomic E-state index is -3.39. The summed E-state index contributed by atoms with van der Waals surface area (Å²) < 4.78 is 33.4. The van der Waals surface area contributed by atoms with Gasteiger partial charge in [-0.1, -0.05) is 18.2 Å². The quantitative estimate of drug-likeness (QED) is 0.823. The van der Waals surface area contributed by atoms with Gasteiger partial charge in [0.2, 0.25) is 10.0 Å². The van der Waals surface area contributed by atoms with Gasteiger partial charge >= 0.3 is 0 Å². The molecule has 7 heteroatoms. The molecular weight excluding hydrogens is 364 g/mol. The number of hydrogen-bond acceptors (Lipinski definition) is 5. The zero-order chi connectivity index (χ0) is 18.9. The second-order valence-corrected chi connectivity index (χ2v) is 10.3. The molecule has 1 aromatic carbocycles. The summed E-state index contributed by atoms with van der Waals surface area (Å²) in [4.78, 5) is 2.74. The molecule has 3 heterocycles. The van der Waals surface area contributed by atoms with Crippen LogP contribution in [0.15, 0.2) is 35.2 Å². The third kappa shape index (κ3) is 3.93. The third-order valence-electron chi connectivity index (χ3n) is 6.60. The molecule has 150 valence electrons. The van der Waals surface area contributed by atoms with Crippen LogP contribution in [0.3, 0.4) is 0 Å². The third-order valence-corrected chi connectivity index (χ3v) is 8.51. The lowest BCUT2D eigenvalue weighted by molar-refractivity contribution is 0.0480. The summed E-state index contributed by atoms with van der Waals surface area (Å²) in [5.74, 6) is 0. The molecule has 2 atom stereocenters. The topological polar surface area (TPSA) is 70.1 Å². The van der Waals surface area contributed by atoms with Crippen LogP contribution in [0.4, 0.5) is 0 Å². The molecular formula is C20H30N2O4S. The molecule has 27 heavy (non-hydrogen) atoms. The highest BCUT2D eigenvalue weighted by Crippen LogP contribution is 2.43. The number of aliphatic hydroxyl groups is 1. The fourth-order valence-electron chi connectivity index (χ4n) is 4.91. The standard InChI is InChI=1S/C20H30N2O4S/c23-15-17-5-4-10-21(17)14-18-13-20(16-26-18)8-11-22(12-9-20)27(24,25)19-6-2-1-3-7-19/h1-3,6-7,17-18,23H,4-5,8-16H2/t17-,18?/m0/s1. The van der Waals surface area contributed by atoms with Crippen molar-refractivity contribution in [1.29, 1.82) is 0 Å². The SMILES string of the molecule is O=S(=O)(c1ccccc1)N1CCC2(CC1)COC(CN1CCC[C@H]1CO)C2. The van der Waals surface area contributed by atoms with Crippen molar-refractivity contribution < 1.29 is 18.3 Å². The van der Waals surface area contributed by atoms with E-state index in [0.717, 1.165) is 51.8 Å².